The molecular formula is C20H14F3NO4. The second kappa shape index (κ2) is 6.95. The van der Waals surface area contributed by atoms with E-state index in [0.717, 1.165) is 12.1 Å². The Labute approximate surface area is 157 Å². The summed E-state index contributed by atoms with van der Waals surface area (Å²) in [5.74, 6) is 0.720. The Kier molecular flexibility index (Phi) is 4.46. The highest BCUT2D eigenvalue weighted by Gasteiger charge is 2.30. The van der Waals surface area contributed by atoms with E-state index < -0.39 is 17.6 Å². The molecule has 0 saturated carbocycles. The summed E-state index contributed by atoms with van der Waals surface area (Å²) in [4.78, 5) is 12.4. The van der Waals surface area contributed by atoms with E-state index >= 15 is 0 Å². The lowest BCUT2D eigenvalue weighted by Gasteiger charge is -2.18. The Morgan fingerprint density at radius 2 is 1.71 bits per heavy atom. The van der Waals surface area contributed by atoms with Crippen LogP contribution in [0.5, 0.6) is 11.5 Å². The summed E-state index contributed by atoms with van der Waals surface area (Å²) in [7, 11) is 0. The van der Waals surface area contributed by atoms with Gasteiger partial charge in [0.05, 0.1) is 5.56 Å². The normalized spacial score (nSPS) is 13.2. The van der Waals surface area contributed by atoms with Crippen molar-refractivity contribution in [2.75, 3.05) is 18.5 Å². The summed E-state index contributed by atoms with van der Waals surface area (Å²) in [5, 5.41) is 2.66. The highest BCUT2D eigenvalue weighted by Crippen LogP contribution is 2.34. The van der Waals surface area contributed by atoms with Crippen molar-refractivity contribution in [1.29, 1.82) is 0 Å². The van der Waals surface area contributed by atoms with Gasteiger partial charge in [-0.25, -0.2) is 0 Å². The first kappa shape index (κ1) is 18.0. The van der Waals surface area contributed by atoms with E-state index in [0.29, 0.717) is 30.4 Å². The number of halogens is 3. The molecule has 4 rings (SSSR count). The SMILES string of the molecule is O=C(Nc1ccc2c(c1)OCCO2)c1ccc(-c2cccc(C(F)(F)F)c2)o1. The van der Waals surface area contributed by atoms with Crippen molar-refractivity contribution in [1.82, 2.24) is 0 Å². The van der Waals surface area contributed by atoms with Crippen LogP contribution in [0.1, 0.15) is 16.1 Å². The summed E-state index contributed by atoms with van der Waals surface area (Å²) >= 11 is 0. The molecule has 1 amide bonds. The van der Waals surface area contributed by atoms with Crippen molar-refractivity contribution < 1.29 is 31.9 Å². The maximum atomic E-state index is 12.9. The first-order valence-electron chi connectivity index (χ1n) is 8.39. The molecule has 0 bridgehead atoms. The summed E-state index contributed by atoms with van der Waals surface area (Å²) in [6.07, 6.45) is -4.46. The average Bonchev–Trinajstić information content (AvgIpc) is 3.18. The Bertz CT molecular complexity index is 1030. The molecule has 1 N–H and O–H groups in total. The number of alkyl halides is 3. The number of hydrogen-bond donors (Lipinski definition) is 1. The van der Waals surface area contributed by atoms with Crippen LogP contribution in [-0.2, 0) is 6.18 Å². The molecule has 0 aliphatic carbocycles. The zero-order valence-corrected chi connectivity index (χ0v) is 14.4. The molecule has 2 heterocycles. The first-order valence-corrected chi connectivity index (χ1v) is 8.39. The Balaban J connectivity index is 1.52. The zero-order valence-electron chi connectivity index (χ0n) is 14.4. The highest BCUT2D eigenvalue weighted by atomic mass is 19.4. The van der Waals surface area contributed by atoms with E-state index in [1.165, 1.54) is 24.3 Å². The first-order chi connectivity index (χ1) is 13.4. The molecule has 144 valence electrons. The number of furan rings is 1. The molecule has 8 heteroatoms. The number of nitrogens with one attached hydrogen (secondary N) is 1. The fraction of sp³-hybridized carbons (Fsp3) is 0.150. The quantitative estimate of drug-likeness (QED) is 0.686. The lowest BCUT2D eigenvalue weighted by molar-refractivity contribution is -0.137. The van der Waals surface area contributed by atoms with Gasteiger partial charge >= 0.3 is 6.18 Å². The number of rotatable bonds is 3. The number of carbonyl (C=O) groups excluding carboxylic acids is 1. The molecule has 0 unspecified atom stereocenters. The Hall–Kier alpha value is -3.42. The van der Waals surface area contributed by atoms with Crippen LogP contribution in [0.25, 0.3) is 11.3 Å². The molecule has 2 aromatic carbocycles. The van der Waals surface area contributed by atoms with E-state index in [-0.39, 0.29) is 17.1 Å². The predicted octanol–water partition coefficient (Wildman–Crippen LogP) is 4.99. The van der Waals surface area contributed by atoms with Crippen LogP contribution in [0.4, 0.5) is 18.9 Å². The minimum absolute atomic E-state index is 0.0256. The van der Waals surface area contributed by atoms with E-state index in [1.54, 1.807) is 18.2 Å². The minimum atomic E-state index is -4.46. The second-order valence-electron chi connectivity index (χ2n) is 6.06. The van der Waals surface area contributed by atoms with Crippen LogP contribution in [-0.4, -0.2) is 19.1 Å². The van der Waals surface area contributed by atoms with Gasteiger partial charge < -0.3 is 19.2 Å². The molecule has 1 aliphatic heterocycles. The number of amides is 1. The molecule has 0 atom stereocenters. The molecule has 1 aromatic heterocycles. The summed E-state index contributed by atoms with van der Waals surface area (Å²) in [6, 6.07) is 12.5. The van der Waals surface area contributed by atoms with E-state index in [4.69, 9.17) is 13.9 Å². The monoisotopic (exact) mass is 389 g/mol. The van der Waals surface area contributed by atoms with Gasteiger partial charge in [-0.3, -0.25) is 4.79 Å². The van der Waals surface area contributed by atoms with Gasteiger partial charge in [-0.15, -0.1) is 0 Å². The largest absolute Gasteiger partial charge is 0.486 e. The van der Waals surface area contributed by atoms with Gasteiger partial charge in [0.1, 0.15) is 19.0 Å². The van der Waals surface area contributed by atoms with Crippen LogP contribution < -0.4 is 14.8 Å². The van der Waals surface area contributed by atoms with Crippen molar-refractivity contribution in [2.24, 2.45) is 0 Å². The lowest BCUT2D eigenvalue weighted by atomic mass is 10.1. The second-order valence-corrected chi connectivity index (χ2v) is 6.06. The fourth-order valence-corrected chi connectivity index (χ4v) is 2.78. The molecule has 5 nitrogen and oxygen atoms in total. The molecular weight excluding hydrogens is 375 g/mol. The minimum Gasteiger partial charge on any atom is -0.486 e. The lowest BCUT2D eigenvalue weighted by Crippen LogP contribution is -2.16. The summed E-state index contributed by atoms with van der Waals surface area (Å²) < 4.78 is 54.9. The fourth-order valence-electron chi connectivity index (χ4n) is 2.78. The van der Waals surface area contributed by atoms with E-state index in [2.05, 4.69) is 5.32 Å². The molecule has 0 saturated heterocycles. The van der Waals surface area contributed by atoms with Crippen molar-refractivity contribution in [3.05, 3.63) is 65.9 Å². The van der Waals surface area contributed by atoms with Crippen molar-refractivity contribution in [2.45, 2.75) is 6.18 Å². The van der Waals surface area contributed by atoms with Crippen molar-refractivity contribution >= 4 is 11.6 Å². The predicted molar refractivity (Wildman–Crippen MR) is 94.5 cm³/mol. The van der Waals surface area contributed by atoms with E-state index in [1.807, 2.05) is 0 Å². The van der Waals surface area contributed by atoms with E-state index in [9.17, 15) is 18.0 Å². The van der Waals surface area contributed by atoms with Crippen LogP contribution in [0, 0.1) is 0 Å². The van der Waals surface area contributed by atoms with Crippen LogP contribution in [0.2, 0.25) is 0 Å². The van der Waals surface area contributed by atoms with Gasteiger partial charge in [-0.2, -0.15) is 13.2 Å². The maximum absolute atomic E-state index is 12.9. The van der Waals surface area contributed by atoms with Crippen LogP contribution >= 0.6 is 0 Å². The molecule has 0 fully saturated rings. The molecule has 3 aromatic rings. The molecule has 0 spiro atoms. The topological polar surface area (TPSA) is 60.7 Å². The van der Waals surface area contributed by atoms with Gasteiger partial charge in [0.25, 0.3) is 5.91 Å². The Morgan fingerprint density at radius 1 is 0.929 bits per heavy atom. The molecule has 1 aliphatic rings. The maximum Gasteiger partial charge on any atom is 0.416 e. The zero-order chi connectivity index (χ0) is 19.7. The van der Waals surface area contributed by atoms with Gasteiger partial charge in [-0.05, 0) is 36.4 Å². The van der Waals surface area contributed by atoms with Gasteiger partial charge in [0.15, 0.2) is 17.3 Å². The third kappa shape index (κ3) is 3.66. The van der Waals surface area contributed by atoms with Gasteiger partial charge in [0, 0.05) is 17.3 Å². The third-order valence-corrected chi connectivity index (χ3v) is 4.10. The Morgan fingerprint density at radius 3 is 2.50 bits per heavy atom. The van der Waals surface area contributed by atoms with Gasteiger partial charge in [-0.1, -0.05) is 12.1 Å². The van der Waals surface area contributed by atoms with Crippen LogP contribution in [0.15, 0.2) is 59.0 Å². The van der Waals surface area contributed by atoms with Gasteiger partial charge in [0.2, 0.25) is 0 Å². The number of carbonyl (C=O) groups is 1. The summed E-state index contributed by atoms with van der Waals surface area (Å²) in [6.45, 7) is 0.881. The van der Waals surface area contributed by atoms with Crippen molar-refractivity contribution in [3.8, 4) is 22.8 Å². The highest BCUT2D eigenvalue weighted by molar-refractivity contribution is 6.02. The molecule has 0 radical (unpaired) electrons. The third-order valence-electron chi connectivity index (χ3n) is 4.10. The number of hydrogen-bond acceptors (Lipinski definition) is 4. The van der Waals surface area contributed by atoms with Crippen molar-refractivity contribution in [3.63, 3.8) is 0 Å². The number of benzene rings is 2. The van der Waals surface area contributed by atoms with Crippen LogP contribution in [0.3, 0.4) is 0 Å². The smallest absolute Gasteiger partial charge is 0.416 e. The standard InChI is InChI=1S/C20H14F3NO4/c21-20(22,23)13-3-1-2-12(10-13)15-6-7-17(28-15)19(25)24-14-4-5-16-18(11-14)27-9-8-26-16/h1-7,10-11H,8-9H2,(H,24,25). The molecule has 28 heavy (non-hydrogen) atoms. The number of fused-ring (bicyclic) bond motifs is 1. The number of anilines is 1. The number of ether oxygens (including phenoxy) is 2. The summed E-state index contributed by atoms with van der Waals surface area (Å²) in [5.41, 5.74) is -0.0804. The average molecular weight is 389 g/mol.